The fraction of sp³-hybridized carbons (Fsp3) is 0.538. The molecule has 0 spiro atoms. The van der Waals surface area contributed by atoms with Crippen molar-refractivity contribution in [2.45, 2.75) is 31.9 Å². The normalized spacial score (nSPS) is 26.2. The third kappa shape index (κ3) is 2.90. The third-order valence-corrected chi connectivity index (χ3v) is 4.06. The molecule has 0 saturated carbocycles. The quantitative estimate of drug-likeness (QED) is 0.893. The van der Waals surface area contributed by atoms with Gasteiger partial charge < -0.3 is 15.4 Å². The maximum Gasteiger partial charge on any atom is 0.255 e. The summed E-state index contributed by atoms with van der Waals surface area (Å²) in [6, 6.07) is 1.76. The van der Waals surface area contributed by atoms with Crippen molar-refractivity contribution >= 4 is 27.7 Å². The minimum atomic E-state index is -0.329. The van der Waals surface area contributed by atoms with Gasteiger partial charge >= 0.3 is 0 Å². The van der Waals surface area contributed by atoms with E-state index in [9.17, 15) is 4.79 Å². The van der Waals surface area contributed by atoms with Crippen molar-refractivity contribution in [3.63, 3.8) is 0 Å². The zero-order valence-electron chi connectivity index (χ0n) is 11.3. The second-order valence-electron chi connectivity index (χ2n) is 4.93. The maximum atomic E-state index is 12.4. The molecule has 2 unspecified atom stereocenters. The van der Waals surface area contributed by atoms with Crippen molar-refractivity contribution in [3.8, 4) is 0 Å². The minimum absolute atomic E-state index is 0.00889. The Balaban J connectivity index is 2.22. The molecule has 6 heteroatoms. The van der Waals surface area contributed by atoms with Gasteiger partial charge in [0, 0.05) is 24.3 Å². The topological polar surface area (TPSA) is 63.2 Å². The Morgan fingerprint density at radius 3 is 2.95 bits per heavy atom. The Morgan fingerprint density at radius 2 is 2.37 bits per heavy atom. The molecule has 1 aromatic rings. The third-order valence-electron chi connectivity index (χ3n) is 3.62. The van der Waals surface area contributed by atoms with Crippen LogP contribution in [0.1, 0.15) is 30.6 Å². The first-order chi connectivity index (χ1) is 8.96. The lowest BCUT2D eigenvalue weighted by molar-refractivity contribution is 0.0727. The van der Waals surface area contributed by atoms with Crippen LogP contribution < -0.4 is 10.6 Å². The number of carbonyl (C=O) groups is 1. The van der Waals surface area contributed by atoms with Crippen LogP contribution in [0, 0.1) is 0 Å². The fourth-order valence-electron chi connectivity index (χ4n) is 2.14. The molecule has 2 rings (SSSR count). The summed E-state index contributed by atoms with van der Waals surface area (Å²) in [6.07, 6.45) is 2.48. The Bertz CT molecular complexity index is 495. The highest BCUT2D eigenvalue weighted by molar-refractivity contribution is 9.10. The number of amides is 1. The second kappa shape index (κ2) is 5.46. The summed E-state index contributed by atoms with van der Waals surface area (Å²) in [5.74, 6) is 0.425. The van der Waals surface area contributed by atoms with E-state index in [2.05, 4.69) is 31.5 Å². The average molecular weight is 328 g/mol. The first-order valence-electron chi connectivity index (χ1n) is 6.23. The van der Waals surface area contributed by atoms with Crippen LogP contribution in [0.15, 0.2) is 16.7 Å². The van der Waals surface area contributed by atoms with Gasteiger partial charge in [0.05, 0.1) is 17.2 Å². The van der Waals surface area contributed by atoms with Crippen LogP contribution in [0.4, 0.5) is 5.82 Å². The molecule has 1 aromatic heterocycles. The molecule has 1 aliphatic rings. The van der Waals surface area contributed by atoms with Gasteiger partial charge in [-0.05, 0) is 42.3 Å². The Hall–Kier alpha value is -1.14. The SMILES string of the molecule is CNc1ncc(Br)cc1C(=O)NC1(C)CCOC1C. The van der Waals surface area contributed by atoms with Gasteiger partial charge in [-0.25, -0.2) is 4.98 Å². The van der Waals surface area contributed by atoms with Crippen molar-refractivity contribution in [2.24, 2.45) is 0 Å². The van der Waals surface area contributed by atoms with Crippen molar-refractivity contribution < 1.29 is 9.53 Å². The largest absolute Gasteiger partial charge is 0.376 e. The van der Waals surface area contributed by atoms with Gasteiger partial charge in [0.1, 0.15) is 5.82 Å². The molecule has 0 aromatic carbocycles. The van der Waals surface area contributed by atoms with Crippen LogP contribution in [0.5, 0.6) is 0 Å². The fourth-order valence-corrected chi connectivity index (χ4v) is 2.47. The van der Waals surface area contributed by atoms with Gasteiger partial charge in [0.15, 0.2) is 0 Å². The standard InChI is InChI=1S/C13H18BrN3O2/c1-8-13(2,4-5-19-8)17-12(18)10-6-9(14)7-16-11(10)15-3/h6-8H,4-5H2,1-3H3,(H,15,16)(H,17,18). The molecular weight excluding hydrogens is 310 g/mol. The lowest BCUT2D eigenvalue weighted by Crippen LogP contribution is -2.50. The predicted octanol–water partition coefficient (Wildman–Crippen LogP) is 2.18. The Labute approximate surface area is 121 Å². The van der Waals surface area contributed by atoms with Crippen LogP contribution in [0.3, 0.4) is 0 Å². The monoisotopic (exact) mass is 327 g/mol. The van der Waals surface area contributed by atoms with E-state index in [-0.39, 0.29) is 17.6 Å². The van der Waals surface area contributed by atoms with Crippen LogP contribution in [-0.2, 0) is 4.74 Å². The zero-order valence-corrected chi connectivity index (χ0v) is 12.9. The van der Waals surface area contributed by atoms with E-state index in [0.29, 0.717) is 18.0 Å². The molecule has 0 radical (unpaired) electrons. The number of nitrogens with one attached hydrogen (secondary N) is 2. The molecule has 2 atom stereocenters. The summed E-state index contributed by atoms with van der Waals surface area (Å²) in [5.41, 5.74) is 0.196. The lowest BCUT2D eigenvalue weighted by atomic mass is 9.94. The number of hydrogen-bond donors (Lipinski definition) is 2. The van der Waals surface area contributed by atoms with Crippen molar-refractivity contribution in [1.82, 2.24) is 10.3 Å². The summed E-state index contributed by atoms with van der Waals surface area (Å²) in [7, 11) is 1.75. The summed E-state index contributed by atoms with van der Waals surface area (Å²) in [5, 5.41) is 5.99. The van der Waals surface area contributed by atoms with Crippen molar-refractivity contribution in [1.29, 1.82) is 0 Å². The predicted molar refractivity (Wildman–Crippen MR) is 77.4 cm³/mol. The first kappa shape index (κ1) is 14.3. The number of aromatic nitrogens is 1. The first-order valence-corrected chi connectivity index (χ1v) is 7.03. The van der Waals surface area contributed by atoms with E-state index in [1.807, 2.05) is 13.8 Å². The molecule has 0 bridgehead atoms. The minimum Gasteiger partial charge on any atom is -0.376 e. The van der Waals surface area contributed by atoms with E-state index in [1.165, 1.54) is 0 Å². The molecule has 1 aliphatic heterocycles. The molecule has 5 nitrogen and oxygen atoms in total. The molecule has 104 valence electrons. The molecular formula is C13H18BrN3O2. The molecule has 2 N–H and O–H groups in total. The number of halogens is 1. The highest BCUT2D eigenvalue weighted by Crippen LogP contribution is 2.26. The van der Waals surface area contributed by atoms with Crippen LogP contribution >= 0.6 is 15.9 Å². The second-order valence-corrected chi connectivity index (χ2v) is 5.85. The van der Waals surface area contributed by atoms with Gasteiger partial charge in [0.25, 0.3) is 5.91 Å². The molecule has 0 aliphatic carbocycles. The number of ether oxygens (including phenoxy) is 1. The number of pyridine rings is 1. The molecule has 2 heterocycles. The van der Waals surface area contributed by atoms with Crippen molar-refractivity contribution in [3.05, 3.63) is 22.3 Å². The van der Waals surface area contributed by atoms with E-state index in [0.717, 1.165) is 10.9 Å². The van der Waals surface area contributed by atoms with Gasteiger partial charge in [0.2, 0.25) is 0 Å². The molecule has 1 saturated heterocycles. The van der Waals surface area contributed by atoms with Crippen LogP contribution in [-0.4, -0.2) is 36.2 Å². The molecule has 1 fully saturated rings. The number of hydrogen-bond acceptors (Lipinski definition) is 4. The summed E-state index contributed by atoms with van der Waals surface area (Å²) < 4.78 is 6.31. The smallest absolute Gasteiger partial charge is 0.255 e. The number of anilines is 1. The molecule has 19 heavy (non-hydrogen) atoms. The number of nitrogens with zero attached hydrogens (tertiary/aromatic N) is 1. The summed E-state index contributed by atoms with van der Waals surface area (Å²) >= 11 is 3.34. The van der Waals surface area contributed by atoms with Gasteiger partial charge in [-0.3, -0.25) is 4.79 Å². The number of rotatable bonds is 3. The van der Waals surface area contributed by atoms with E-state index < -0.39 is 0 Å². The van der Waals surface area contributed by atoms with Gasteiger partial charge in [-0.15, -0.1) is 0 Å². The van der Waals surface area contributed by atoms with Crippen LogP contribution in [0.25, 0.3) is 0 Å². The summed E-state index contributed by atoms with van der Waals surface area (Å²) in [4.78, 5) is 16.6. The molecule has 1 amide bonds. The average Bonchev–Trinajstić information content (AvgIpc) is 2.69. The lowest BCUT2D eigenvalue weighted by Gasteiger charge is -2.29. The highest BCUT2D eigenvalue weighted by atomic mass is 79.9. The maximum absolute atomic E-state index is 12.4. The number of carbonyl (C=O) groups excluding carboxylic acids is 1. The summed E-state index contributed by atoms with van der Waals surface area (Å²) in [6.45, 7) is 4.66. The van der Waals surface area contributed by atoms with Gasteiger partial charge in [-0.2, -0.15) is 0 Å². The Morgan fingerprint density at radius 1 is 1.63 bits per heavy atom. The van der Waals surface area contributed by atoms with E-state index in [1.54, 1.807) is 19.3 Å². The Kier molecular flexibility index (Phi) is 4.10. The van der Waals surface area contributed by atoms with Gasteiger partial charge in [-0.1, -0.05) is 0 Å². The van der Waals surface area contributed by atoms with E-state index >= 15 is 0 Å². The zero-order chi connectivity index (χ0) is 14.0. The highest BCUT2D eigenvalue weighted by Gasteiger charge is 2.38. The van der Waals surface area contributed by atoms with E-state index in [4.69, 9.17) is 4.74 Å². The van der Waals surface area contributed by atoms with Crippen molar-refractivity contribution in [2.75, 3.05) is 19.0 Å². The van der Waals surface area contributed by atoms with Crippen LogP contribution in [0.2, 0.25) is 0 Å².